The maximum atomic E-state index is 12.5. The lowest BCUT2D eigenvalue weighted by atomic mass is 9.98. The predicted octanol–water partition coefficient (Wildman–Crippen LogP) is 5.13. The first-order valence-corrected chi connectivity index (χ1v) is 10.7. The second kappa shape index (κ2) is 8.90. The number of fused-ring (bicyclic) bond motifs is 1. The lowest BCUT2D eigenvalue weighted by Gasteiger charge is -2.24. The van der Waals surface area contributed by atoms with Gasteiger partial charge in [0.05, 0.1) is 22.7 Å². The number of nitrogens with zero attached hydrogens (tertiary/aromatic N) is 1. The highest BCUT2D eigenvalue weighted by atomic mass is 32.1. The summed E-state index contributed by atoms with van der Waals surface area (Å²) in [5.74, 6) is -0.313. The van der Waals surface area contributed by atoms with Gasteiger partial charge in [0, 0.05) is 0 Å². The van der Waals surface area contributed by atoms with Crippen LogP contribution in [-0.2, 0) is 14.3 Å². The number of hydrogen-bond acceptors (Lipinski definition) is 6. The van der Waals surface area contributed by atoms with Crippen LogP contribution < -0.4 is 5.32 Å². The molecule has 152 valence electrons. The highest BCUT2D eigenvalue weighted by Gasteiger charge is 2.27. The first-order valence-electron chi connectivity index (χ1n) is 9.84. The van der Waals surface area contributed by atoms with Crippen LogP contribution >= 0.6 is 11.3 Å². The van der Waals surface area contributed by atoms with Crippen molar-refractivity contribution < 1.29 is 19.1 Å². The van der Waals surface area contributed by atoms with Gasteiger partial charge in [-0.15, -0.1) is 11.3 Å². The van der Waals surface area contributed by atoms with Crippen LogP contribution in [0.5, 0.6) is 0 Å². The fraction of sp³-hybridized carbons (Fsp3) is 0.571. The zero-order valence-corrected chi connectivity index (χ0v) is 17.5. The van der Waals surface area contributed by atoms with Gasteiger partial charge >= 0.3 is 12.1 Å². The standard InChI is InChI=1S/C21H28N2O4S/c1-21(2,3)27-20(25)23-16(13-18(24)26-14-9-5-4-6-10-14)19-22-15-11-7-8-12-17(15)28-19/h7-8,11-12,14,16H,4-6,9-10,13H2,1-3H3,(H,23,25). The molecular formula is C21H28N2O4S. The van der Waals surface area contributed by atoms with Gasteiger partial charge in [-0.3, -0.25) is 4.79 Å². The molecular weight excluding hydrogens is 376 g/mol. The molecule has 0 spiro atoms. The summed E-state index contributed by atoms with van der Waals surface area (Å²) < 4.78 is 12.0. The molecule has 28 heavy (non-hydrogen) atoms. The Morgan fingerprint density at radius 1 is 1.21 bits per heavy atom. The molecule has 1 amide bonds. The van der Waals surface area contributed by atoms with E-state index in [1.807, 2.05) is 24.3 Å². The van der Waals surface area contributed by atoms with Crippen molar-refractivity contribution in [1.82, 2.24) is 10.3 Å². The van der Waals surface area contributed by atoms with E-state index in [4.69, 9.17) is 9.47 Å². The highest BCUT2D eigenvalue weighted by molar-refractivity contribution is 7.18. The van der Waals surface area contributed by atoms with E-state index in [0.29, 0.717) is 5.01 Å². The Morgan fingerprint density at radius 3 is 2.61 bits per heavy atom. The quantitative estimate of drug-likeness (QED) is 0.699. The van der Waals surface area contributed by atoms with Crippen LogP contribution in [0.2, 0.25) is 0 Å². The van der Waals surface area contributed by atoms with Gasteiger partial charge in [-0.2, -0.15) is 0 Å². The SMILES string of the molecule is CC(C)(C)OC(=O)NC(CC(=O)OC1CCCCC1)c1nc2ccccc2s1. The zero-order valence-electron chi connectivity index (χ0n) is 16.7. The lowest BCUT2D eigenvalue weighted by Crippen LogP contribution is -2.36. The number of carbonyl (C=O) groups is 2. The van der Waals surface area contributed by atoms with Crippen LogP contribution in [-0.4, -0.2) is 28.8 Å². The van der Waals surface area contributed by atoms with Crippen molar-refractivity contribution in [3.05, 3.63) is 29.3 Å². The normalized spacial score (nSPS) is 16.5. The van der Waals surface area contributed by atoms with Gasteiger partial charge in [-0.05, 0) is 58.6 Å². The zero-order chi connectivity index (χ0) is 20.1. The van der Waals surface area contributed by atoms with Gasteiger partial charge in [-0.1, -0.05) is 18.6 Å². The number of rotatable bonds is 5. The van der Waals surface area contributed by atoms with E-state index in [1.54, 1.807) is 20.8 Å². The average molecular weight is 405 g/mol. The molecule has 3 rings (SSSR count). The van der Waals surface area contributed by atoms with Crippen LogP contribution in [0.15, 0.2) is 24.3 Å². The molecule has 2 aromatic rings. The van der Waals surface area contributed by atoms with Gasteiger partial charge < -0.3 is 14.8 Å². The molecule has 7 heteroatoms. The summed E-state index contributed by atoms with van der Waals surface area (Å²) in [5, 5.41) is 3.48. The molecule has 1 N–H and O–H groups in total. The fourth-order valence-electron chi connectivity index (χ4n) is 3.27. The van der Waals surface area contributed by atoms with Crippen LogP contribution in [0, 0.1) is 0 Å². The van der Waals surface area contributed by atoms with E-state index in [-0.39, 0.29) is 18.5 Å². The number of para-hydroxylation sites is 1. The Kier molecular flexibility index (Phi) is 6.54. The van der Waals surface area contributed by atoms with Gasteiger partial charge in [0.2, 0.25) is 0 Å². The van der Waals surface area contributed by atoms with Crippen molar-refractivity contribution in [3.8, 4) is 0 Å². The number of benzene rings is 1. The Labute approximate surface area is 169 Å². The maximum absolute atomic E-state index is 12.5. The maximum Gasteiger partial charge on any atom is 0.408 e. The summed E-state index contributed by atoms with van der Waals surface area (Å²) in [6.07, 6.45) is 4.66. The molecule has 1 aromatic carbocycles. The summed E-state index contributed by atoms with van der Waals surface area (Å²) in [7, 11) is 0. The topological polar surface area (TPSA) is 77.5 Å². The smallest absolute Gasteiger partial charge is 0.408 e. The Bertz CT molecular complexity index is 788. The second-order valence-corrected chi connectivity index (χ2v) is 9.23. The van der Waals surface area contributed by atoms with E-state index < -0.39 is 17.7 Å². The number of aromatic nitrogens is 1. The van der Waals surface area contributed by atoms with Crippen LogP contribution in [0.25, 0.3) is 10.2 Å². The molecule has 0 saturated heterocycles. The van der Waals surface area contributed by atoms with Gasteiger partial charge in [0.15, 0.2) is 0 Å². The van der Waals surface area contributed by atoms with Crippen molar-refractivity contribution in [2.45, 2.75) is 77.0 Å². The number of hydrogen-bond donors (Lipinski definition) is 1. The molecule has 0 radical (unpaired) electrons. The first-order chi connectivity index (χ1) is 13.3. The number of esters is 1. The van der Waals surface area contributed by atoms with Crippen molar-refractivity contribution in [3.63, 3.8) is 0 Å². The third-order valence-corrected chi connectivity index (χ3v) is 5.67. The molecule has 1 aliphatic carbocycles. The summed E-state index contributed by atoms with van der Waals surface area (Å²) in [6, 6.07) is 7.17. The summed E-state index contributed by atoms with van der Waals surface area (Å²) in [5.41, 5.74) is 0.226. The fourth-order valence-corrected chi connectivity index (χ4v) is 4.29. The molecule has 1 saturated carbocycles. The molecule has 1 atom stereocenters. The van der Waals surface area contributed by atoms with E-state index >= 15 is 0 Å². The molecule has 1 aliphatic rings. The van der Waals surface area contributed by atoms with Gasteiger partial charge in [-0.25, -0.2) is 9.78 Å². The van der Waals surface area contributed by atoms with Crippen LogP contribution in [0.4, 0.5) is 4.79 Å². The minimum Gasteiger partial charge on any atom is -0.462 e. The second-order valence-electron chi connectivity index (χ2n) is 8.17. The number of amides is 1. The van der Waals surface area contributed by atoms with E-state index in [1.165, 1.54) is 17.8 Å². The highest BCUT2D eigenvalue weighted by Crippen LogP contribution is 2.29. The van der Waals surface area contributed by atoms with Crippen LogP contribution in [0.3, 0.4) is 0 Å². The molecule has 1 unspecified atom stereocenters. The van der Waals surface area contributed by atoms with Crippen LogP contribution in [0.1, 0.15) is 70.3 Å². The molecule has 6 nitrogen and oxygen atoms in total. The third-order valence-electron chi connectivity index (χ3n) is 4.52. The van der Waals surface area contributed by atoms with Crippen molar-refractivity contribution in [2.24, 2.45) is 0 Å². The Hall–Kier alpha value is -2.15. The Morgan fingerprint density at radius 2 is 1.93 bits per heavy atom. The van der Waals surface area contributed by atoms with E-state index in [0.717, 1.165) is 35.9 Å². The van der Waals surface area contributed by atoms with Gasteiger partial charge in [0.25, 0.3) is 0 Å². The minimum atomic E-state index is -0.620. The number of alkyl carbamates (subject to hydrolysis) is 1. The van der Waals surface area contributed by atoms with Crippen molar-refractivity contribution >= 4 is 33.6 Å². The number of ether oxygens (including phenoxy) is 2. The number of nitrogens with one attached hydrogen (secondary N) is 1. The molecule has 0 bridgehead atoms. The lowest BCUT2D eigenvalue weighted by molar-refractivity contribution is -0.151. The molecule has 1 fully saturated rings. The number of thiazole rings is 1. The first kappa shape index (κ1) is 20.6. The minimum absolute atomic E-state index is 0.0150. The average Bonchev–Trinajstić information content (AvgIpc) is 3.04. The van der Waals surface area contributed by atoms with E-state index in [2.05, 4.69) is 10.3 Å². The number of carbonyl (C=O) groups excluding carboxylic acids is 2. The van der Waals surface area contributed by atoms with Gasteiger partial charge in [0.1, 0.15) is 16.7 Å². The van der Waals surface area contributed by atoms with Crippen molar-refractivity contribution in [2.75, 3.05) is 0 Å². The predicted molar refractivity (Wildman–Crippen MR) is 109 cm³/mol. The Balaban J connectivity index is 1.73. The molecule has 1 heterocycles. The monoisotopic (exact) mass is 404 g/mol. The molecule has 0 aliphatic heterocycles. The van der Waals surface area contributed by atoms with Crippen molar-refractivity contribution in [1.29, 1.82) is 0 Å². The molecule has 1 aromatic heterocycles. The summed E-state index contributed by atoms with van der Waals surface area (Å²) in [6.45, 7) is 5.41. The van der Waals surface area contributed by atoms with E-state index in [9.17, 15) is 9.59 Å². The third kappa shape index (κ3) is 5.92. The largest absolute Gasteiger partial charge is 0.462 e. The summed E-state index contributed by atoms with van der Waals surface area (Å²) in [4.78, 5) is 29.5. The summed E-state index contributed by atoms with van der Waals surface area (Å²) >= 11 is 1.46.